The Kier molecular flexibility index (Phi) is 9.21. The fourth-order valence-electron chi connectivity index (χ4n) is 5.37. The molecule has 1 heterocycles. The Balaban J connectivity index is 2.04. The van der Waals surface area contributed by atoms with Gasteiger partial charge in [-0.1, -0.05) is 46.1 Å². The standard InChI is InChI=1S/C28H43N3O5S2/c1-19-22(26(32)29-18-28(5,6)30-38(7,35)36)16-24(31(19)17-20-11-9-8-10-12-20)21-13-14-25(37(33)34)23(15-21)27(2,3)4/h13-16,20,30,37H,8-12,17-18H2,1-7H3,(H,29,32). The molecule has 0 unspecified atom stereocenters. The van der Waals surface area contributed by atoms with Crippen molar-refractivity contribution in [2.75, 3.05) is 12.8 Å². The fraction of sp³-hybridized carbons (Fsp3) is 0.607. The maximum atomic E-state index is 13.4. The quantitative estimate of drug-likeness (QED) is 0.391. The van der Waals surface area contributed by atoms with Crippen molar-refractivity contribution in [3.8, 4) is 11.3 Å². The predicted octanol–water partition coefficient (Wildman–Crippen LogP) is 4.37. The van der Waals surface area contributed by atoms with E-state index < -0.39 is 26.3 Å². The monoisotopic (exact) mass is 565 g/mol. The molecule has 2 aromatic rings. The smallest absolute Gasteiger partial charge is 0.253 e. The molecule has 0 aliphatic heterocycles. The number of hydrogen-bond acceptors (Lipinski definition) is 5. The molecule has 0 saturated heterocycles. The van der Waals surface area contributed by atoms with Crippen LogP contribution in [-0.4, -0.2) is 45.6 Å². The van der Waals surface area contributed by atoms with Crippen LogP contribution in [0.5, 0.6) is 0 Å². The highest BCUT2D eigenvalue weighted by Crippen LogP contribution is 2.35. The molecule has 0 bridgehead atoms. The minimum atomic E-state index is -3.43. The summed E-state index contributed by atoms with van der Waals surface area (Å²) in [7, 11) is -6.17. The summed E-state index contributed by atoms with van der Waals surface area (Å²) in [6.07, 6.45) is 7.05. The number of sulfonamides is 1. The molecule has 1 amide bonds. The lowest BCUT2D eigenvalue weighted by molar-refractivity contribution is 0.0943. The molecule has 2 N–H and O–H groups in total. The van der Waals surface area contributed by atoms with Gasteiger partial charge < -0.3 is 9.88 Å². The SMILES string of the molecule is Cc1c(C(=O)NCC(C)(C)NS(C)(=O)=O)cc(-c2ccc([SH](=O)=O)c(C(C)(C)C)c2)n1CC1CCCCC1. The number of rotatable bonds is 9. The molecule has 1 aliphatic carbocycles. The highest BCUT2D eigenvalue weighted by atomic mass is 32.2. The van der Waals surface area contributed by atoms with Crippen LogP contribution in [0.1, 0.15) is 88.3 Å². The molecule has 3 rings (SSSR count). The predicted molar refractivity (Wildman–Crippen MR) is 153 cm³/mol. The summed E-state index contributed by atoms with van der Waals surface area (Å²) >= 11 is 0. The van der Waals surface area contributed by atoms with Gasteiger partial charge in [-0.05, 0) is 74.3 Å². The summed E-state index contributed by atoms with van der Waals surface area (Å²) in [6, 6.07) is 7.30. The minimum absolute atomic E-state index is 0.126. The molecule has 0 atom stereocenters. The van der Waals surface area contributed by atoms with E-state index in [-0.39, 0.29) is 17.9 Å². The lowest BCUT2D eigenvalue weighted by Crippen LogP contribution is -2.51. The molecule has 1 fully saturated rings. The number of thiol groups is 1. The second-order valence-corrected chi connectivity index (χ2v) is 15.1. The van der Waals surface area contributed by atoms with Crippen LogP contribution in [0.15, 0.2) is 29.2 Å². The molecule has 0 radical (unpaired) electrons. The van der Waals surface area contributed by atoms with Crippen molar-refractivity contribution in [3.63, 3.8) is 0 Å². The van der Waals surface area contributed by atoms with E-state index in [0.717, 1.165) is 48.2 Å². The first-order valence-corrected chi connectivity index (χ1v) is 16.3. The van der Waals surface area contributed by atoms with E-state index in [4.69, 9.17) is 0 Å². The third-order valence-corrected chi connectivity index (χ3v) is 8.93. The average molecular weight is 566 g/mol. The number of aromatic nitrogens is 1. The van der Waals surface area contributed by atoms with Crippen LogP contribution < -0.4 is 10.0 Å². The second-order valence-electron chi connectivity index (χ2n) is 12.3. The molecule has 1 aliphatic rings. The number of amides is 1. The summed E-state index contributed by atoms with van der Waals surface area (Å²) in [4.78, 5) is 13.7. The van der Waals surface area contributed by atoms with Gasteiger partial charge in [0.2, 0.25) is 10.0 Å². The Bertz CT molecular complexity index is 1350. The lowest BCUT2D eigenvalue weighted by Gasteiger charge is -2.26. The normalized spacial score (nSPS) is 15.7. The van der Waals surface area contributed by atoms with Crippen molar-refractivity contribution < 1.29 is 21.6 Å². The number of hydrogen-bond donors (Lipinski definition) is 3. The van der Waals surface area contributed by atoms with Crippen molar-refractivity contribution >= 4 is 26.6 Å². The highest BCUT2D eigenvalue weighted by molar-refractivity contribution is 7.88. The molecule has 1 aromatic heterocycles. The zero-order valence-electron chi connectivity index (χ0n) is 23.7. The van der Waals surface area contributed by atoms with Crippen molar-refractivity contribution in [1.82, 2.24) is 14.6 Å². The Labute approximate surface area is 229 Å². The van der Waals surface area contributed by atoms with Gasteiger partial charge >= 0.3 is 0 Å². The Morgan fingerprint density at radius 1 is 1.05 bits per heavy atom. The Hall–Kier alpha value is -2.17. The second kappa shape index (κ2) is 11.5. The Morgan fingerprint density at radius 3 is 2.24 bits per heavy atom. The van der Waals surface area contributed by atoms with Gasteiger partial charge in [0.1, 0.15) is 0 Å². The molecule has 0 spiro atoms. The number of nitrogens with zero attached hydrogens (tertiary/aromatic N) is 1. The zero-order chi connectivity index (χ0) is 28.5. The Morgan fingerprint density at radius 2 is 1.68 bits per heavy atom. The summed E-state index contributed by atoms with van der Waals surface area (Å²) in [5, 5.41) is 2.90. The van der Waals surface area contributed by atoms with Crippen molar-refractivity contribution in [3.05, 3.63) is 41.1 Å². The van der Waals surface area contributed by atoms with E-state index >= 15 is 0 Å². The van der Waals surface area contributed by atoms with Gasteiger partial charge in [-0.25, -0.2) is 21.6 Å². The number of carbonyl (C=O) groups is 1. The van der Waals surface area contributed by atoms with Gasteiger partial charge in [-0.15, -0.1) is 0 Å². The maximum Gasteiger partial charge on any atom is 0.253 e. The summed E-state index contributed by atoms with van der Waals surface area (Å²) in [6.45, 7) is 12.3. The molecule has 212 valence electrons. The third-order valence-electron chi connectivity index (χ3n) is 7.23. The van der Waals surface area contributed by atoms with Gasteiger partial charge in [0.15, 0.2) is 10.7 Å². The van der Waals surface area contributed by atoms with Gasteiger partial charge in [0.25, 0.3) is 5.91 Å². The molecule has 38 heavy (non-hydrogen) atoms. The first-order valence-electron chi connectivity index (χ1n) is 13.2. The number of benzene rings is 1. The van der Waals surface area contributed by atoms with Crippen LogP contribution in [0.3, 0.4) is 0 Å². The van der Waals surface area contributed by atoms with Crippen LogP contribution in [0, 0.1) is 12.8 Å². The van der Waals surface area contributed by atoms with Crippen LogP contribution in [0.4, 0.5) is 0 Å². The van der Waals surface area contributed by atoms with E-state index in [2.05, 4.69) is 14.6 Å². The van der Waals surface area contributed by atoms with Crippen molar-refractivity contribution in [1.29, 1.82) is 0 Å². The minimum Gasteiger partial charge on any atom is -0.350 e. The molecule has 10 heteroatoms. The van der Waals surface area contributed by atoms with E-state index in [1.165, 1.54) is 19.3 Å². The topological polar surface area (TPSA) is 114 Å². The lowest BCUT2D eigenvalue weighted by atomic mass is 9.85. The van der Waals surface area contributed by atoms with Crippen LogP contribution in [0.25, 0.3) is 11.3 Å². The highest BCUT2D eigenvalue weighted by Gasteiger charge is 2.27. The van der Waals surface area contributed by atoms with Crippen LogP contribution in [0.2, 0.25) is 0 Å². The molecule has 1 saturated carbocycles. The summed E-state index contributed by atoms with van der Waals surface area (Å²) < 4.78 is 52.1. The zero-order valence-corrected chi connectivity index (χ0v) is 25.4. The van der Waals surface area contributed by atoms with Crippen LogP contribution >= 0.6 is 0 Å². The fourth-order valence-corrected chi connectivity index (χ4v) is 7.24. The molecule has 1 aromatic carbocycles. The third kappa shape index (κ3) is 7.70. The van der Waals surface area contributed by atoms with Gasteiger partial charge in [-0.2, -0.15) is 0 Å². The summed E-state index contributed by atoms with van der Waals surface area (Å²) in [5.41, 5.74) is 2.63. The average Bonchev–Trinajstić information content (AvgIpc) is 3.11. The molecular weight excluding hydrogens is 522 g/mol. The van der Waals surface area contributed by atoms with Gasteiger partial charge in [0.05, 0.1) is 16.7 Å². The van der Waals surface area contributed by atoms with Crippen molar-refractivity contribution in [2.45, 2.75) is 96.0 Å². The summed E-state index contributed by atoms with van der Waals surface area (Å²) in [5.74, 6) is 0.240. The first kappa shape index (κ1) is 30.4. The first-order chi connectivity index (χ1) is 17.5. The molecular formula is C28H43N3O5S2. The van der Waals surface area contributed by atoms with Gasteiger partial charge in [-0.3, -0.25) is 4.79 Å². The molecule has 8 nitrogen and oxygen atoms in total. The van der Waals surface area contributed by atoms with E-state index in [9.17, 15) is 21.6 Å². The van der Waals surface area contributed by atoms with Crippen molar-refractivity contribution in [2.24, 2.45) is 5.92 Å². The van der Waals surface area contributed by atoms with Crippen LogP contribution in [-0.2, 0) is 32.7 Å². The number of nitrogens with one attached hydrogen (secondary N) is 2. The maximum absolute atomic E-state index is 13.4. The van der Waals surface area contributed by atoms with E-state index in [1.807, 2.05) is 45.9 Å². The van der Waals surface area contributed by atoms with Gasteiger partial charge in [0, 0.05) is 30.0 Å². The van der Waals surface area contributed by atoms with E-state index in [0.29, 0.717) is 16.4 Å². The number of carbonyl (C=O) groups excluding carboxylic acids is 1. The van der Waals surface area contributed by atoms with E-state index in [1.54, 1.807) is 19.9 Å². The largest absolute Gasteiger partial charge is 0.350 e.